The molecule has 1 aromatic carbocycles. The van der Waals surface area contributed by atoms with Gasteiger partial charge in [-0.15, -0.1) is 0 Å². The third-order valence-electron chi connectivity index (χ3n) is 7.30. The summed E-state index contributed by atoms with van der Waals surface area (Å²) in [6.45, 7) is 2.04. The van der Waals surface area contributed by atoms with Crippen molar-refractivity contribution < 1.29 is 37.4 Å². The van der Waals surface area contributed by atoms with Crippen LogP contribution in [0.3, 0.4) is 0 Å². The zero-order valence-corrected chi connectivity index (χ0v) is 23.7. The molecule has 6 rings (SSSR count). The molecule has 1 N–H and O–H groups in total. The molecule has 0 atom stereocenters. The number of hydrogen-bond acceptors (Lipinski definition) is 9. The Labute approximate surface area is 249 Å². The Kier molecular flexibility index (Phi) is 8.15. The Bertz CT molecular complexity index is 1760. The van der Waals surface area contributed by atoms with Crippen LogP contribution in [0.5, 0.6) is 5.75 Å². The predicted octanol–water partition coefficient (Wildman–Crippen LogP) is 3.33. The van der Waals surface area contributed by atoms with Gasteiger partial charge in [0.25, 0.3) is 11.8 Å². The minimum Gasteiger partial charge on any atom is -0.487 e. The van der Waals surface area contributed by atoms with Gasteiger partial charge in [0.2, 0.25) is 0 Å². The summed E-state index contributed by atoms with van der Waals surface area (Å²) in [6, 6.07) is 7.07. The van der Waals surface area contributed by atoms with Gasteiger partial charge >= 0.3 is 5.97 Å². The van der Waals surface area contributed by atoms with E-state index in [0.29, 0.717) is 67.2 Å². The van der Waals surface area contributed by atoms with Crippen molar-refractivity contribution in [2.75, 3.05) is 31.7 Å². The SMILES string of the molecule is CC(=O)OCC(=O)Nc1cn2nc(-c3cnc4c(c3)C(=O)N(Cc3cc(F)cc(F)c3OC3CCOCC3)CC4)ccc2n1. The van der Waals surface area contributed by atoms with Crippen molar-refractivity contribution in [2.45, 2.75) is 38.8 Å². The molecule has 0 aliphatic carbocycles. The van der Waals surface area contributed by atoms with Crippen LogP contribution < -0.4 is 10.1 Å². The monoisotopic (exact) mass is 606 g/mol. The summed E-state index contributed by atoms with van der Waals surface area (Å²) in [4.78, 5) is 46.8. The van der Waals surface area contributed by atoms with E-state index in [1.807, 2.05) is 0 Å². The van der Waals surface area contributed by atoms with Crippen LogP contribution in [0.4, 0.5) is 14.6 Å². The lowest BCUT2D eigenvalue weighted by Crippen LogP contribution is -2.38. The number of anilines is 1. The average Bonchev–Trinajstić information content (AvgIpc) is 3.41. The van der Waals surface area contributed by atoms with E-state index in [-0.39, 0.29) is 35.7 Å². The molecule has 1 saturated heterocycles. The summed E-state index contributed by atoms with van der Waals surface area (Å²) in [6.07, 6.45) is 4.50. The summed E-state index contributed by atoms with van der Waals surface area (Å²) in [5, 5.41) is 7.08. The highest BCUT2D eigenvalue weighted by molar-refractivity contribution is 5.97. The number of carbonyl (C=O) groups excluding carboxylic acids is 3. The molecule has 0 bridgehead atoms. The maximum Gasteiger partial charge on any atom is 0.303 e. The molecule has 2 amide bonds. The zero-order valence-electron chi connectivity index (χ0n) is 23.7. The van der Waals surface area contributed by atoms with Crippen LogP contribution in [0.1, 0.15) is 41.4 Å². The van der Waals surface area contributed by atoms with Crippen LogP contribution in [0.15, 0.2) is 42.7 Å². The summed E-state index contributed by atoms with van der Waals surface area (Å²) < 4.78 is 46.6. The first-order valence-electron chi connectivity index (χ1n) is 14.0. The van der Waals surface area contributed by atoms with Gasteiger partial charge in [0.05, 0.1) is 36.4 Å². The van der Waals surface area contributed by atoms with Gasteiger partial charge in [-0.3, -0.25) is 19.4 Å². The summed E-state index contributed by atoms with van der Waals surface area (Å²) in [7, 11) is 0. The Balaban J connectivity index is 1.21. The minimum atomic E-state index is -0.812. The molecular weight excluding hydrogens is 578 g/mol. The lowest BCUT2D eigenvalue weighted by Gasteiger charge is -2.30. The highest BCUT2D eigenvalue weighted by Crippen LogP contribution is 2.31. The van der Waals surface area contributed by atoms with Crippen molar-refractivity contribution in [3.8, 4) is 17.0 Å². The van der Waals surface area contributed by atoms with Gasteiger partial charge in [0.15, 0.2) is 29.6 Å². The number of fused-ring (bicyclic) bond motifs is 2. The number of carbonyl (C=O) groups is 3. The fraction of sp³-hybridized carbons (Fsp3) is 0.333. The lowest BCUT2D eigenvalue weighted by molar-refractivity contribution is -0.144. The Morgan fingerprint density at radius 1 is 1.16 bits per heavy atom. The van der Waals surface area contributed by atoms with Gasteiger partial charge in [-0.2, -0.15) is 5.10 Å². The fourth-order valence-corrected chi connectivity index (χ4v) is 5.15. The minimum absolute atomic E-state index is 0.0407. The Morgan fingerprint density at radius 2 is 1.98 bits per heavy atom. The maximum absolute atomic E-state index is 14.9. The third kappa shape index (κ3) is 6.34. The standard InChI is InChI=1S/C30H28F2N6O6/c1-17(39)43-16-28(40)35-26-15-38-27(34-26)3-2-24(36-38)18-11-22-25(33-13-18)4-7-37(30(22)41)14-19-10-20(31)12-23(32)29(19)44-21-5-8-42-9-6-21/h2-3,10-13,15,21H,4-9,14,16H2,1H3,(H,35,40). The smallest absolute Gasteiger partial charge is 0.303 e. The molecular formula is C30H28F2N6O6. The van der Waals surface area contributed by atoms with Gasteiger partial charge in [0.1, 0.15) is 11.9 Å². The number of imidazole rings is 1. The highest BCUT2D eigenvalue weighted by Gasteiger charge is 2.29. The number of halogens is 2. The number of nitrogens with one attached hydrogen (secondary N) is 1. The van der Waals surface area contributed by atoms with Crippen molar-refractivity contribution in [3.63, 3.8) is 0 Å². The number of rotatable bonds is 8. The first kappa shape index (κ1) is 29.1. The zero-order chi connectivity index (χ0) is 30.8. The predicted molar refractivity (Wildman–Crippen MR) is 151 cm³/mol. The summed E-state index contributed by atoms with van der Waals surface area (Å²) in [5.41, 5.74) is 2.73. The largest absolute Gasteiger partial charge is 0.487 e. The molecule has 3 aromatic heterocycles. The highest BCUT2D eigenvalue weighted by atomic mass is 19.1. The van der Waals surface area contributed by atoms with Gasteiger partial charge in [-0.25, -0.2) is 18.3 Å². The molecule has 5 heterocycles. The summed E-state index contributed by atoms with van der Waals surface area (Å²) in [5.74, 6) is -2.85. The molecule has 0 radical (unpaired) electrons. The van der Waals surface area contributed by atoms with E-state index >= 15 is 0 Å². The van der Waals surface area contributed by atoms with Gasteiger partial charge < -0.3 is 24.4 Å². The van der Waals surface area contributed by atoms with E-state index in [0.717, 1.165) is 6.07 Å². The second kappa shape index (κ2) is 12.3. The van der Waals surface area contributed by atoms with Crippen molar-refractivity contribution >= 4 is 29.2 Å². The van der Waals surface area contributed by atoms with Crippen LogP contribution in [0, 0.1) is 11.6 Å². The molecule has 12 nitrogen and oxygen atoms in total. The van der Waals surface area contributed by atoms with Crippen LogP contribution >= 0.6 is 0 Å². The number of ether oxygens (including phenoxy) is 3. The molecule has 2 aliphatic heterocycles. The quantitative estimate of drug-likeness (QED) is 0.300. The van der Waals surface area contributed by atoms with E-state index in [9.17, 15) is 23.2 Å². The molecule has 4 aromatic rings. The molecule has 0 unspecified atom stereocenters. The number of esters is 1. The van der Waals surface area contributed by atoms with Crippen LogP contribution in [-0.4, -0.2) is 74.7 Å². The van der Waals surface area contributed by atoms with E-state index in [1.165, 1.54) is 28.6 Å². The topological polar surface area (TPSA) is 137 Å². The molecule has 44 heavy (non-hydrogen) atoms. The number of nitrogens with zero attached hydrogens (tertiary/aromatic N) is 5. The van der Waals surface area contributed by atoms with Gasteiger partial charge in [0, 0.05) is 62.7 Å². The number of aromatic nitrogens is 4. The van der Waals surface area contributed by atoms with Crippen LogP contribution in [0.25, 0.3) is 16.9 Å². The number of hydrogen-bond donors (Lipinski definition) is 1. The molecule has 0 saturated carbocycles. The second-order valence-electron chi connectivity index (χ2n) is 10.5. The van der Waals surface area contributed by atoms with Crippen molar-refractivity contribution in [1.29, 1.82) is 0 Å². The number of benzene rings is 1. The van der Waals surface area contributed by atoms with Crippen molar-refractivity contribution in [3.05, 3.63) is 71.2 Å². The number of amides is 2. The van der Waals surface area contributed by atoms with Crippen molar-refractivity contribution in [1.82, 2.24) is 24.5 Å². The molecule has 1 fully saturated rings. The lowest BCUT2D eigenvalue weighted by atomic mass is 10.0. The molecule has 14 heteroatoms. The van der Waals surface area contributed by atoms with E-state index in [4.69, 9.17) is 9.47 Å². The van der Waals surface area contributed by atoms with Gasteiger partial charge in [-0.05, 0) is 24.3 Å². The van der Waals surface area contributed by atoms with E-state index in [2.05, 4.69) is 25.1 Å². The number of pyridine rings is 1. The van der Waals surface area contributed by atoms with E-state index in [1.54, 1.807) is 24.4 Å². The van der Waals surface area contributed by atoms with Crippen LogP contribution in [0.2, 0.25) is 0 Å². The second-order valence-corrected chi connectivity index (χ2v) is 10.5. The summed E-state index contributed by atoms with van der Waals surface area (Å²) >= 11 is 0. The molecule has 0 spiro atoms. The van der Waals surface area contributed by atoms with Crippen LogP contribution in [-0.2, 0) is 32.0 Å². The Morgan fingerprint density at radius 3 is 2.77 bits per heavy atom. The van der Waals surface area contributed by atoms with E-state index < -0.39 is 30.1 Å². The van der Waals surface area contributed by atoms with Crippen molar-refractivity contribution in [2.24, 2.45) is 0 Å². The normalized spacial score (nSPS) is 15.2. The molecule has 228 valence electrons. The maximum atomic E-state index is 14.9. The third-order valence-corrected chi connectivity index (χ3v) is 7.30. The fourth-order valence-electron chi connectivity index (χ4n) is 5.15. The Hall–Kier alpha value is -4.98. The molecule has 2 aliphatic rings. The average molecular weight is 607 g/mol. The first-order valence-corrected chi connectivity index (χ1v) is 14.0. The van der Waals surface area contributed by atoms with Gasteiger partial charge in [-0.1, -0.05) is 0 Å². The first-order chi connectivity index (χ1) is 21.2.